The van der Waals surface area contributed by atoms with Crippen molar-refractivity contribution in [2.45, 2.75) is 13.0 Å². The van der Waals surface area contributed by atoms with Crippen LogP contribution < -0.4 is 19.7 Å². The number of benzene rings is 1. The Bertz CT molecular complexity index is 889. The Balaban J connectivity index is 1.60. The first-order valence-electron chi connectivity index (χ1n) is 9.06. The maximum absolute atomic E-state index is 5.35. The van der Waals surface area contributed by atoms with Crippen molar-refractivity contribution in [2.24, 2.45) is 0 Å². The SMILES string of the molecule is COc1ccc(CNc2cc(N(C)CCc3ccncc3)ncn2)cc1OC. The summed E-state index contributed by atoms with van der Waals surface area (Å²) in [5, 5.41) is 3.34. The van der Waals surface area contributed by atoms with Gasteiger partial charge < -0.3 is 19.7 Å². The summed E-state index contributed by atoms with van der Waals surface area (Å²) in [7, 11) is 5.29. The molecular weight excluding hydrogens is 354 g/mol. The Kier molecular flexibility index (Phi) is 6.62. The van der Waals surface area contributed by atoms with Crippen LogP contribution in [-0.4, -0.2) is 42.8 Å². The molecule has 0 bridgehead atoms. The molecule has 1 aromatic carbocycles. The molecule has 7 heteroatoms. The van der Waals surface area contributed by atoms with Crippen LogP contribution in [0.1, 0.15) is 11.1 Å². The molecule has 3 rings (SSSR count). The van der Waals surface area contributed by atoms with Gasteiger partial charge in [0, 0.05) is 38.6 Å². The maximum Gasteiger partial charge on any atom is 0.161 e. The minimum Gasteiger partial charge on any atom is -0.493 e. The predicted molar refractivity (Wildman–Crippen MR) is 110 cm³/mol. The third kappa shape index (κ3) is 5.09. The van der Waals surface area contributed by atoms with Gasteiger partial charge in [-0.2, -0.15) is 0 Å². The van der Waals surface area contributed by atoms with Crippen molar-refractivity contribution in [3.63, 3.8) is 0 Å². The van der Waals surface area contributed by atoms with Gasteiger partial charge in [-0.1, -0.05) is 6.07 Å². The summed E-state index contributed by atoms with van der Waals surface area (Å²) < 4.78 is 10.6. The summed E-state index contributed by atoms with van der Waals surface area (Å²) in [6, 6.07) is 11.9. The van der Waals surface area contributed by atoms with Crippen molar-refractivity contribution >= 4 is 11.6 Å². The predicted octanol–water partition coefficient (Wildman–Crippen LogP) is 3.18. The summed E-state index contributed by atoms with van der Waals surface area (Å²) in [6.07, 6.45) is 6.14. The molecule has 2 aromatic heterocycles. The highest BCUT2D eigenvalue weighted by molar-refractivity contribution is 5.49. The van der Waals surface area contributed by atoms with Crippen LogP contribution in [0, 0.1) is 0 Å². The van der Waals surface area contributed by atoms with E-state index in [1.807, 2.05) is 55.8 Å². The lowest BCUT2D eigenvalue weighted by Gasteiger charge is -2.18. The molecular formula is C21H25N5O2. The molecule has 28 heavy (non-hydrogen) atoms. The number of rotatable bonds is 9. The van der Waals surface area contributed by atoms with E-state index in [-0.39, 0.29) is 0 Å². The number of hydrogen-bond acceptors (Lipinski definition) is 7. The molecule has 3 aromatic rings. The van der Waals surface area contributed by atoms with Crippen molar-refractivity contribution in [1.82, 2.24) is 15.0 Å². The highest BCUT2D eigenvalue weighted by Gasteiger charge is 2.07. The molecule has 1 N–H and O–H groups in total. The molecule has 0 fully saturated rings. The summed E-state index contributed by atoms with van der Waals surface area (Å²) in [6.45, 7) is 1.48. The van der Waals surface area contributed by atoms with Crippen LogP contribution in [0.4, 0.5) is 11.6 Å². The quantitative estimate of drug-likeness (QED) is 0.612. The largest absolute Gasteiger partial charge is 0.493 e. The van der Waals surface area contributed by atoms with Gasteiger partial charge in [0.15, 0.2) is 11.5 Å². The third-order valence-corrected chi connectivity index (χ3v) is 4.45. The van der Waals surface area contributed by atoms with Gasteiger partial charge in [-0.25, -0.2) is 9.97 Å². The van der Waals surface area contributed by atoms with Crippen molar-refractivity contribution in [1.29, 1.82) is 0 Å². The highest BCUT2D eigenvalue weighted by Crippen LogP contribution is 2.27. The molecule has 0 saturated carbocycles. The zero-order chi connectivity index (χ0) is 19.8. The first kappa shape index (κ1) is 19.4. The summed E-state index contributed by atoms with van der Waals surface area (Å²) in [5.74, 6) is 3.07. The molecule has 0 unspecified atom stereocenters. The Morgan fingerprint density at radius 3 is 2.46 bits per heavy atom. The van der Waals surface area contributed by atoms with E-state index >= 15 is 0 Å². The van der Waals surface area contributed by atoms with Crippen LogP contribution in [0.5, 0.6) is 11.5 Å². The lowest BCUT2D eigenvalue weighted by Crippen LogP contribution is -2.21. The fourth-order valence-electron chi connectivity index (χ4n) is 2.80. The van der Waals surface area contributed by atoms with Gasteiger partial charge in [0.1, 0.15) is 18.0 Å². The van der Waals surface area contributed by atoms with Gasteiger partial charge in [-0.3, -0.25) is 4.98 Å². The molecule has 0 aliphatic carbocycles. The van der Waals surface area contributed by atoms with E-state index in [0.29, 0.717) is 18.0 Å². The van der Waals surface area contributed by atoms with Crippen LogP contribution >= 0.6 is 0 Å². The maximum atomic E-state index is 5.35. The number of methoxy groups -OCH3 is 2. The topological polar surface area (TPSA) is 72.4 Å². The molecule has 0 saturated heterocycles. The zero-order valence-corrected chi connectivity index (χ0v) is 16.4. The molecule has 0 atom stereocenters. The van der Waals surface area contributed by atoms with Gasteiger partial charge in [0.25, 0.3) is 0 Å². The Labute approximate surface area is 165 Å². The molecule has 7 nitrogen and oxygen atoms in total. The Morgan fingerprint density at radius 1 is 0.929 bits per heavy atom. The number of aromatic nitrogens is 3. The summed E-state index contributed by atoms with van der Waals surface area (Å²) in [5.41, 5.74) is 2.33. The van der Waals surface area contributed by atoms with E-state index in [2.05, 4.69) is 25.2 Å². The lowest BCUT2D eigenvalue weighted by atomic mass is 10.2. The summed E-state index contributed by atoms with van der Waals surface area (Å²) in [4.78, 5) is 14.9. The average Bonchev–Trinajstić information content (AvgIpc) is 2.76. The number of likely N-dealkylation sites (N-methyl/N-ethyl adjacent to an activating group) is 1. The van der Waals surface area contributed by atoms with Gasteiger partial charge in [-0.05, 0) is 41.8 Å². The van der Waals surface area contributed by atoms with E-state index in [1.165, 1.54) is 5.56 Å². The van der Waals surface area contributed by atoms with E-state index in [4.69, 9.17) is 9.47 Å². The van der Waals surface area contributed by atoms with Crippen LogP contribution in [-0.2, 0) is 13.0 Å². The Hall–Kier alpha value is -3.35. The van der Waals surface area contributed by atoms with Crippen molar-refractivity contribution in [3.05, 3.63) is 66.2 Å². The lowest BCUT2D eigenvalue weighted by molar-refractivity contribution is 0.354. The van der Waals surface area contributed by atoms with Crippen molar-refractivity contribution < 1.29 is 9.47 Å². The number of nitrogens with one attached hydrogen (secondary N) is 1. The molecule has 0 radical (unpaired) electrons. The van der Waals surface area contributed by atoms with Crippen LogP contribution in [0.3, 0.4) is 0 Å². The minimum atomic E-state index is 0.623. The number of ether oxygens (including phenoxy) is 2. The van der Waals surface area contributed by atoms with Gasteiger partial charge in [0.05, 0.1) is 14.2 Å². The standard InChI is InChI=1S/C21H25N5O2/c1-26(11-8-16-6-9-22-10-7-16)21-13-20(24-15-25-21)23-14-17-4-5-18(27-2)19(12-17)28-3/h4-7,9-10,12-13,15H,8,11,14H2,1-3H3,(H,23,24,25). The van der Waals surface area contributed by atoms with Crippen LogP contribution in [0.2, 0.25) is 0 Å². The van der Waals surface area contributed by atoms with E-state index in [0.717, 1.165) is 30.2 Å². The normalized spacial score (nSPS) is 10.4. The molecule has 0 amide bonds. The third-order valence-electron chi connectivity index (χ3n) is 4.45. The second-order valence-corrected chi connectivity index (χ2v) is 6.33. The fraction of sp³-hybridized carbons (Fsp3) is 0.286. The molecule has 0 aliphatic heterocycles. The zero-order valence-electron chi connectivity index (χ0n) is 16.4. The fourth-order valence-corrected chi connectivity index (χ4v) is 2.80. The number of pyridine rings is 1. The molecule has 146 valence electrons. The van der Waals surface area contributed by atoms with Crippen LogP contribution in [0.15, 0.2) is 55.1 Å². The van der Waals surface area contributed by atoms with Gasteiger partial charge in [0.2, 0.25) is 0 Å². The average molecular weight is 379 g/mol. The second kappa shape index (κ2) is 9.55. The smallest absolute Gasteiger partial charge is 0.161 e. The van der Waals surface area contributed by atoms with Crippen molar-refractivity contribution in [3.8, 4) is 11.5 Å². The second-order valence-electron chi connectivity index (χ2n) is 6.33. The molecule has 0 spiro atoms. The number of anilines is 2. The van der Waals surface area contributed by atoms with E-state index in [1.54, 1.807) is 20.5 Å². The van der Waals surface area contributed by atoms with Gasteiger partial charge in [-0.15, -0.1) is 0 Å². The Morgan fingerprint density at radius 2 is 1.71 bits per heavy atom. The summed E-state index contributed by atoms with van der Waals surface area (Å²) >= 11 is 0. The molecule has 0 aliphatic rings. The number of hydrogen-bond donors (Lipinski definition) is 1. The molecule has 2 heterocycles. The minimum absolute atomic E-state index is 0.623. The van der Waals surface area contributed by atoms with Crippen molar-refractivity contribution in [2.75, 3.05) is 38.0 Å². The first-order valence-corrected chi connectivity index (χ1v) is 9.06. The van der Waals surface area contributed by atoms with E-state index in [9.17, 15) is 0 Å². The monoisotopic (exact) mass is 379 g/mol. The van der Waals surface area contributed by atoms with Gasteiger partial charge >= 0.3 is 0 Å². The van der Waals surface area contributed by atoms with E-state index < -0.39 is 0 Å². The highest BCUT2D eigenvalue weighted by atomic mass is 16.5. The number of nitrogens with zero attached hydrogens (tertiary/aromatic N) is 4. The first-order chi connectivity index (χ1) is 13.7. The van der Waals surface area contributed by atoms with Crippen LogP contribution in [0.25, 0.3) is 0 Å².